The Morgan fingerprint density at radius 3 is 2.57 bits per heavy atom. The highest BCUT2D eigenvalue weighted by molar-refractivity contribution is 8.15. The summed E-state index contributed by atoms with van der Waals surface area (Å²) < 4.78 is 18.6. The molecule has 0 aliphatic carbocycles. The Bertz CT molecular complexity index is 994. The number of hydrogen-bond acceptors (Lipinski definition) is 6. The number of esters is 1. The van der Waals surface area contributed by atoms with Crippen LogP contribution in [0.15, 0.2) is 53.5 Å². The van der Waals surface area contributed by atoms with Gasteiger partial charge in [-0.2, -0.15) is 0 Å². The number of carbonyl (C=O) groups is 3. The minimum Gasteiger partial charge on any atom is -0.462 e. The van der Waals surface area contributed by atoms with Crippen LogP contribution in [0.5, 0.6) is 0 Å². The zero-order chi connectivity index (χ0) is 21.7. The quantitative estimate of drug-likeness (QED) is 0.709. The smallest absolute Gasteiger partial charge is 0.338 e. The zero-order valence-electron chi connectivity index (χ0n) is 16.4. The molecule has 7 nitrogen and oxygen atoms in total. The lowest BCUT2D eigenvalue weighted by molar-refractivity contribution is -0.127. The van der Waals surface area contributed by atoms with Crippen LogP contribution in [0.1, 0.15) is 23.7 Å². The second-order valence-corrected chi connectivity index (χ2v) is 7.57. The molecule has 1 aliphatic rings. The van der Waals surface area contributed by atoms with Gasteiger partial charge < -0.3 is 10.1 Å². The van der Waals surface area contributed by atoms with Crippen molar-refractivity contribution in [1.29, 1.82) is 0 Å². The summed E-state index contributed by atoms with van der Waals surface area (Å²) in [6, 6.07) is 12.3. The van der Waals surface area contributed by atoms with E-state index in [1.54, 1.807) is 44.3 Å². The Hall–Kier alpha value is -3.20. The molecule has 0 radical (unpaired) electrons. The van der Waals surface area contributed by atoms with E-state index in [2.05, 4.69) is 10.3 Å². The Morgan fingerprint density at radius 1 is 1.20 bits per heavy atom. The van der Waals surface area contributed by atoms with Gasteiger partial charge in [0.05, 0.1) is 23.5 Å². The van der Waals surface area contributed by atoms with Crippen molar-refractivity contribution in [3.05, 3.63) is 59.9 Å². The number of benzene rings is 2. The van der Waals surface area contributed by atoms with E-state index in [4.69, 9.17) is 4.74 Å². The van der Waals surface area contributed by atoms with Gasteiger partial charge in [-0.15, -0.1) is 0 Å². The van der Waals surface area contributed by atoms with Gasteiger partial charge in [-0.3, -0.25) is 14.5 Å². The van der Waals surface area contributed by atoms with E-state index in [1.165, 1.54) is 23.1 Å². The number of anilines is 1. The Balaban J connectivity index is 1.66. The zero-order valence-corrected chi connectivity index (χ0v) is 17.2. The normalized spacial score (nSPS) is 17.3. The predicted molar refractivity (Wildman–Crippen MR) is 113 cm³/mol. The van der Waals surface area contributed by atoms with Crippen molar-refractivity contribution in [2.45, 2.75) is 18.6 Å². The number of carbonyl (C=O) groups excluding carboxylic acids is 3. The molecule has 1 aliphatic heterocycles. The second-order valence-electron chi connectivity index (χ2n) is 6.40. The molecule has 30 heavy (non-hydrogen) atoms. The molecule has 1 unspecified atom stereocenters. The molecular weight excluding hydrogens is 409 g/mol. The molecule has 1 atom stereocenters. The molecule has 1 heterocycles. The Morgan fingerprint density at radius 2 is 1.90 bits per heavy atom. The van der Waals surface area contributed by atoms with E-state index in [9.17, 15) is 18.8 Å². The van der Waals surface area contributed by atoms with Crippen LogP contribution in [0.25, 0.3) is 0 Å². The van der Waals surface area contributed by atoms with Gasteiger partial charge in [0.2, 0.25) is 11.8 Å². The van der Waals surface area contributed by atoms with E-state index < -0.39 is 22.9 Å². The number of nitrogens with zero attached hydrogens (tertiary/aromatic N) is 2. The van der Waals surface area contributed by atoms with E-state index in [-0.39, 0.29) is 24.6 Å². The summed E-state index contributed by atoms with van der Waals surface area (Å²) in [7, 11) is 1.58. The van der Waals surface area contributed by atoms with Crippen LogP contribution in [0, 0.1) is 5.82 Å². The molecule has 9 heteroatoms. The number of aliphatic imine (C=N–C) groups is 1. The van der Waals surface area contributed by atoms with Gasteiger partial charge in [-0.1, -0.05) is 23.9 Å². The van der Waals surface area contributed by atoms with Crippen LogP contribution in [-0.4, -0.2) is 46.8 Å². The molecule has 2 aromatic carbocycles. The number of halogens is 1. The minimum atomic E-state index is -0.653. The molecule has 2 amide bonds. The number of rotatable bonds is 6. The third kappa shape index (κ3) is 5.04. The van der Waals surface area contributed by atoms with Crippen LogP contribution in [0.4, 0.5) is 15.8 Å². The highest BCUT2D eigenvalue weighted by Crippen LogP contribution is 2.31. The average molecular weight is 429 g/mol. The molecular formula is C21H20FN3O4S. The number of nitrogens with one attached hydrogen (secondary N) is 1. The van der Waals surface area contributed by atoms with Crippen LogP contribution >= 0.6 is 11.8 Å². The van der Waals surface area contributed by atoms with Crippen molar-refractivity contribution in [1.82, 2.24) is 4.90 Å². The summed E-state index contributed by atoms with van der Waals surface area (Å²) in [5, 5.41) is 2.27. The van der Waals surface area contributed by atoms with Gasteiger partial charge in [-0.05, 0) is 43.3 Å². The van der Waals surface area contributed by atoms with Crippen molar-refractivity contribution >= 4 is 46.1 Å². The molecule has 2 aromatic rings. The number of amides is 2. The number of amidine groups is 1. The van der Waals surface area contributed by atoms with Gasteiger partial charge in [0.25, 0.3) is 0 Å². The summed E-state index contributed by atoms with van der Waals surface area (Å²) >= 11 is 1.16. The first-order valence-corrected chi connectivity index (χ1v) is 10.1. The third-order valence-electron chi connectivity index (χ3n) is 4.26. The summed E-state index contributed by atoms with van der Waals surface area (Å²) in [6.45, 7) is 2.02. The van der Waals surface area contributed by atoms with Gasteiger partial charge in [0, 0.05) is 13.5 Å². The summed E-state index contributed by atoms with van der Waals surface area (Å²) in [5.74, 6) is -1.67. The maximum absolute atomic E-state index is 13.7. The number of hydrogen-bond donors (Lipinski definition) is 1. The van der Waals surface area contributed by atoms with Crippen molar-refractivity contribution in [3.63, 3.8) is 0 Å². The van der Waals surface area contributed by atoms with Crippen molar-refractivity contribution in [2.75, 3.05) is 19.0 Å². The number of para-hydroxylation sites is 1. The standard InChI is InChI=1S/C21H20FN3O4S/c1-3-29-20(28)13-8-10-14(11-9-13)23-21-25(2)19(27)17(30-21)12-18(26)24-16-7-5-4-6-15(16)22/h4-11,17H,3,12H2,1-2H3,(H,24,26). The average Bonchev–Trinajstić information content (AvgIpc) is 2.98. The lowest BCUT2D eigenvalue weighted by atomic mass is 10.2. The molecule has 0 spiro atoms. The first-order chi connectivity index (χ1) is 14.4. The lowest BCUT2D eigenvalue weighted by Gasteiger charge is -2.09. The highest BCUT2D eigenvalue weighted by Gasteiger charge is 2.37. The molecule has 0 bridgehead atoms. The van der Waals surface area contributed by atoms with Gasteiger partial charge in [-0.25, -0.2) is 14.2 Å². The Kier molecular flexibility index (Phi) is 6.83. The monoisotopic (exact) mass is 429 g/mol. The van der Waals surface area contributed by atoms with E-state index in [1.807, 2.05) is 0 Å². The van der Waals surface area contributed by atoms with E-state index in [0.29, 0.717) is 16.4 Å². The fourth-order valence-electron chi connectivity index (χ4n) is 2.73. The summed E-state index contributed by atoms with van der Waals surface area (Å²) in [6.07, 6.45) is -0.108. The maximum atomic E-state index is 13.7. The minimum absolute atomic E-state index is 0.0712. The number of thioether (sulfide) groups is 1. The molecule has 3 rings (SSSR count). The number of ether oxygens (including phenoxy) is 1. The molecule has 156 valence electrons. The third-order valence-corrected chi connectivity index (χ3v) is 5.49. The first kappa shape index (κ1) is 21.5. The van der Waals surface area contributed by atoms with Crippen molar-refractivity contribution in [2.24, 2.45) is 4.99 Å². The highest BCUT2D eigenvalue weighted by atomic mass is 32.2. The second kappa shape index (κ2) is 9.53. The van der Waals surface area contributed by atoms with Gasteiger partial charge in [0.15, 0.2) is 5.17 Å². The Labute approximate surface area is 177 Å². The molecule has 0 saturated carbocycles. The fraction of sp³-hybridized carbons (Fsp3) is 0.238. The van der Waals surface area contributed by atoms with Crippen LogP contribution < -0.4 is 5.32 Å². The SMILES string of the molecule is CCOC(=O)c1ccc(N=C2SC(CC(=O)Nc3ccccc3F)C(=O)N2C)cc1. The van der Waals surface area contributed by atoms with Gasteiger partial charge >= 0.3 is 5.97 Å². The molecule has 1 N–H and O–H groups in total. The predicted octanol–water partition coefficient (Wildman–Crippen LogP) is 3.59. The summed E-state index contributed by atoms with van der Waals surface area (Å²) in [5.41, 5.74) is 1.04. The van der Waals surface area contributed by atoms with Crippen LogP contribution in [0.3, 0.4) is 0 Å². The van der Waals surface area contributed by atoms with E-state index in [0.717, 1.165) is 11.8 Å². The van der Waals surface area contributed by atoms with Crippen molar-refractivity contribution in [3.8, 4) is 0 Å². The topological polar surface area (TPSA) is 88.1 Å². The largest absolute Gasteiger partial charge is 0.462 e. The fourth-order valence-corrected chi connectivity index (χ4v) is 3.88. The lowest BCUT2D eigenvalue weighted by Crippen LogP contribution is -2.30. The van der Waals surface area contributed by atoms with Crippen molar-refractivity contribution < 1.29 is 23.5 Å². The molecule has 1 fully saturated rings. The molecule has 1 saturated heterocycles. The molecule has 0 aromatic heterocycles. The maximum Gasteiger partial charge on any atom is 0.338 e. The van der Waals surface area contributed by atoms with Gasteiger partial charge in [0.1, 0.15) is 11.1 Å². The van der Waals surface area contributed by atoms with E-state index >= 15 is 0 Å². The van der Waals surface area contributed by atoms with Crippen LogP contribution in [-0.2, 0) is 14.3 Å². The summed E-state index contributed by atoms with van der Waals surface area (Å²) in [4.78, 5) is 42.3. The van der Waals surface area contributed by atoms with Crippen LogP contribution in [0.2, 0.25) is 0 Å². The first-order valence-electron chi connectivity index (χ1n) is 9.23.